The number of anilines is 1. The van der Waals surface area contributed by atoms with Crippen LogP contribution in [-0.4, -0.2) is 34.3 Å². The van der Waals surface area contributed by atoms with Crippen LogP contribution in [0.25, 0.3) is 0 Å². The highest BCUT2D eigenvalue weighted by Crippen LogP contribution is 2.29. The molecule has 1 aliphatic rings. The standard InChI is InChI=1S/C13H24N4/c1-5-8-14-13-12(10(2)15-17(13)4)9-16(3)11-6-7-11/h11,14H,5-9H2,1-4H3. The number of nitrogens with zero attached hydrogens (tertiary/aromatic N) is 3. The van der Waals surface area contributed by atoms with Gasteiger partial charge in [0.15, 0.2) is 0 Å². The summed E-state index contributed by atoms with van der Waals surface area (Å²) in [5.41, 5.74) is 2.51. The third kappa shape index (κ3) is 2.80. The molecule has 0 unspecified atom stereocenters. The summed E-state index contributed by atoms with van der Waals surface area (Å²) in [7, 11) is 4.24. The second kappa shape index (κ2) is 5.08. The van der Waals surface area contributed by atoms with Crippen molar-refractivity contribution in [3.8, 4) is 0 Å². The van der Waals surface area contributed by atoms with Crippen molar-refractivity contribution < 1.29 is 0 Å². The van der Waals surface area contributed by atoms with E-state index in [1.165, 1.54) is 24.2 Å². The molecule has 0 atom stereocenters. The molecule has 4 heteroatoms. The smallest absolute Gasteiger partial charge is 0.128 e. The van der Waals surface area contributed by atoms with Crippen LogP contribution < -0.4 is 5.32 Å². The van der Waals surface area contributed by atoms with E-state index in [2.05, 4.69) is 36.2 Å². The van der Waals surface area contributed by atoms with Crippen molar-refractivity contribution in [3.05, 3.63) is 11.3 Å². The fourth-order valence-corrected chi connectivity index (χ4v) is 2.25. The number of aryl methyl sites for hydroxylation is 2. The number of aromatic nitrogens is 2. The Morgan fingerprint density at radius 3 is 2.76 bits per heavy atom. The van der Waals surface area contributed by atoms with E-state index in [-0.39, 0.29) is 0 Å². The third-order valence-corrected chi connectivity index (χ3v) is 3.47. The summed E-state index contributed by atoms with van der Waals surface area (Å²) < 4.78 is 1.97. The maximum absolute atomic E-state index is 4.52. The highest BCUT2D eigenvalue weighted by molar-refractivity contribution is 5.47. The SMILES string of the molecule is CCCNc1c(CN(C)C2CC2)c(C)nn1C. The number of rotatable bonds is 6. The molecule has 1 heterocycles. The lowest BCUT2D eigenvalue weighted by Gasteiger charge is -2.17. The van der Waals surface area contributed by atoms with Crippen molar-refractivity contribution in [3.63, 3.8) is 0 Å². The molecule has 0 amide bonds. The van der Waals surface area contributed by atoms with Gasteiger partial charge in [-0.15, -0.1) is 0 Å². The van der Waals surface area contributed by atoms with Gasteiger partial charge in [-0.2, -0.15) is 5.10 Å². The van der Waals surface area contributed by atoms with E-state index >= 15 is 0 Å². The Balaban J connectivity index is 2.12. The first-order valence-electron chi connectivity index (χ1n) is 6.60. The van der Waals surface area contributed by atoms with Crippen molar-refractivity contribution in [2.75, 3.05) is 18.9 Å². The first-order chi connectivity index (χ1) is 8.13. The lowest BCUT2D eigenvalue weighted by atomic mass is 10.2. The lowest BCUT2D eigenvalue weighted by molar-refractivity contribution is 0.316. The quantitative estimate of drug-likeness (QED) is 0.821. The van der Waals surface area contributed by atoms with E-state index in [1.54, 1.807) is 0 Å². The second-order valence-corrected chi connectivity index (χ2v) is 5.11. The molecule has 2 rings (SSSR count). The summed E-state index contributed by atoms with van der Waals surface area (Å²) in [4.78, 5) is 2.45. The van der Waals surface area contributed by atoms with Crippen molar-refractivity contribution >= 4 is 5.82 Å². The summed E-state index contributed by atoms with van der Waals surface area (Å²) in [5.74, 6) is 1.19. The predicted octanol–water partition coefficient (Wildman–Crippen LogP) is 2.14. The minimum Gasteiger partial charge on any atom is -0.370 e. The van der Waals surface area contributed by atoms with Gasteiger partial charge in [-0.3, -0.25) is 9.58 Å². The average molecular weight is 236 g/mol. The molecule has 1 aromatic rings. The van der Waals surface area contributed by atoms with Crippen LogP contribution in [0, 0.1) is 6.92 Å². The Morgan fingerprint density at radius 1 is 1.47 bits per heavy atom. The zero-order chi connectivity index (χ0) is 12.4. The minimum atomic E-state index is 0.800. The van der Waals surface area contributed by atoms with Crippen molar-refractivity contribution in [2.45, 2.75) is 45.7 Å². The predicted molar refractivity (Wildman–Crippen MR) is 71.2 cm³/mol. The van der Waals surface area contributed by atoms with E-state index in [9.17, 15) is 0 Å². The second-order valence-electron chi connectivity index (χ2n) is 5.11. The molecule has 1 fully saturated rings. The van der Waals surface area contributed by atoms with E-state index in [0.29, 0.717) is 0 Å². The molecule has 1 saturated carbocycles. The highest BCUT2D eigenvalue weighted by Gasteiger charge is 2.27. The molecule has 0 radical (unpaired) electrons. The molecule has 1 aliphatic carbocycles. The third-order valence-electron chi connectivity index (χ3n) is 3.47. The molecule has 17 heavy (non-hydrogen) atoms. The van der Waals surface area contributed by atoms with Gasteiger partial charge in [0.1, 0.15) is 5.82 Å². The zero-order valence-corrected chi connectivity index (χ0v) is 11.5. The normalized spacial score (nSPS) is 15.6. The molecule has 0 aromatic carbocycles. The molecule has 4 nitrogen and oxygen atoms in total. The van der Waals surface area contributed by atoms with Crippen LogP contribution >= 0.6 is 0 Å². The highest BCUT2D eigenvalue weighted by atomic mass is 15.3. The summed E-state index contributed by atoms with van der Waals surface area (Å²) in [5, 5.41) is 8.01. The van der Waals surface area contributed by atoms with Gasteiger partial charge < -0.3 is 5.32 Å². The van der Waals surface area contributed by atoms with Crippen LogP contribution in [0.1, 0.15) is 37.4 Å². The van der Waals surface area contributed by atoms with Crippen molar-refractivity contribution in [2.24, 2.45) is 7.05 Å². The molecule has 0 saturated heterocycles. The largest absolute Gasteiger partial charge is 0.370 e. The molecule has 0 spiro atoms. The van der Waals surface area contributed by atoms with Gasteiger partial charge in [0.2, 0.25) is 0 Å². The van der Waals surface area contributed by atoms with Gasteiger partial charge in [-0.1, -0.05) is 6.92 Å². The maximum atomic E-state index is 4.52. The first-order valence-corrected chi connectivity index (χ1v) is 6.60. The van der Waals surface area contributed by atoms with E-state index in [1.807, 2.05) is 11.7 Å². The van der Waals surface area contributed by atoms with Crippen LogP contribution in [0.4, 0.5) is 5.82 Å². The zero-order valence-electron chi connectivity index (χ0n) is 11.5. The monoisotopic (exact) mass is 236 g/mol. The summed E-state index contributed by atoms with van der Waals surface area (Å²) in [6.45, 7) is 6.31. The van der Waals surface area contributed by atoms with Crippen molar-refractivity contribution in [1.82, 2.24) is 14.7 Å². The molecule has 96 valence electrons. The molecule has 1 N–H and O–H groups in total. The molecular weight excluding hydrogens is 212 g/mol. The lowest BCUT2D eigenvalue weighted by Crippen LogP contribution is -2.21. The topological polar surface area (TPSA) is 33.1 Å². The molecule has 1 aromatic heterocycles. The Hall–Kier alpha value is -1.03. The van der Waals surface area contributed by atoms with E-state index in [0.717, 1.165) is 31.2 Å². The van der Waals surface area contributed by atoms with Gasteiger partial charge >= 0.3 is 0 Å². The Kier molecular flexibility index (Phi) is 3.72. The van der Waals surface area contributed by atoms with Gasteiger partial charge in [0, 0.05) is 31.7 Å². The Morgan fingerprint density at radius 2 is 2.18 bits per heavy atom. The fourth-order valence-electron chi connectivity index (χ4n) is 2.25. The van der Waals surface area contributed by atoms with Crippen LogP contribution in [-0.2, 0) is 13.6 Å². The summed E-state index contributed by atoms with van der Waals surface area (Å²) >= 11 is 0. The van der Waals surface area contributed by atoms with Gasteiger partial charge in [0.25, 0.3) is 0 Å². The summed E-state index contributed by atoms with van der Waals surface area (Å²) in [6.07, 6.45) is 3.85. The fraction of sp³-hybridized carbons (Fsp3) is 0.769. The Bertz CT molecular complexity index is 379. The van der Waals surface area contributed by atoms with Crippen LogP contribution in [0.15, 0.2) is 0 Å². The van der Waals surface area contributed by atoms with Crippen LogP contribution in [0.2, 0.25) is 0 Å². The van der Waals surface area contributed by atoms with E-state index in [4.69, 9.17) is 0 Å². The number of hydrogen-bond donors (Lipinski definition) is 1. The van der Waals surface area contributed by atoms with Gasteiger partial charge in [-0.25, -0.2) is 0 Å². The first kappa shape index (κ1) is 12.4. The minimum absolute atomic E-state index is 0.800. The van der Waals surface area contributed by atoms with Crippen molar-refractivity contribution in [1.29, 1.82) is 0 Å². The van der Waals surface area contributed by atoms with Crippen LogP contribution in [0.3, 0.4) is 0 Å². The van der Waals surface area contributed by atoms with Gasteiger partial charge in [0.05, 0.1) is 5.69 Å². The number of nitrogens with one attached hydrogen (secondary N) is 1. The molecular formula is C13H24N4. The average Bonchev–Trinajstić information content (AvgIpc) is 3.07. The maximum Gasteiger partial charge on any atom is 0.128 e. The summed E-state index contributed by atoms with van der Waals surface area (Å²) in [6, 6.07) is 0.800. The Labute approximate surface area is 104 Å². The molecule has 0 bridgehead atoms. The van der Waals surface area contributed by atoms with Crippen LogP contribution in [0.5, 0.6) is 0 Å². The number of hydrogen-bond acceptors (Lipinski definition) is 3. The van der Waals surface area contributed by atoms with E-state index < -0.39 is 0 Å². The van der Waals surface area contributed by atoms with Gasteiger partial charge in [-0.05, 0) is 33.2 Å². The molecule has 0 aliphatic heterocycles.